The van der Waals surface area contributed by atoms with Gasteiger partial charge in [0.2, 0.25) is 6.04 Å². The van der Waals surface area contributed by atoms with E-state index < -0.39 is 17.7 Å². The van der Waals surface area contributed by atoms with Crippen LogP contribution in [0, 0.1) is 0 Å². The number of methoxy groups -OCH3 is 2. The lowest BCUT2D eigenvalue weighted by Gasteiger charge is -2.14. The first-order valence-electron chi connectivity index (χ1n) is 9.98. The molecule has 1 amide bonds. The maximum Gasteiger partial charge on any atom is 0.258 e. The molecule has 0 aliphatic carbocycles. The van der Waals surface area contributed by atoms with Gasteiger partial charge in [-0.2, -0.15) is 10.2 Å². The second kappa shape index (κ2) is 12.3. The van der Waals surface area contributed by atoms with Crippen molar-refractivity contribution in [3.63, 3.8) is 0 Å². The fourth-order valence-electron chi connectivity index (χ4n) is 2.77. The van der Waals surface area contributed by atoms with E-state index in [4.69, 9.17) is 42.1 Å². The first-order chi connectivity index (χ1) is 15.7. The Hall–Kier alpha value is -3.04. The van der Waals surface area contributed by atoms with Crippen molar-refractivity contribution < 1.29 is 28.5 Å². The van der Waals surface area contributed by atoms with Crippen molar-refractivity contribution in [2.24, 2.45) is 10.2 Å². The molecule has 0 aliphatic heterocycles. The zero-order chi connectivity index (χ0) is 24.5. The zero-order valence-corrected chi connectivity index (χ0v) is 20.4. The predicted octanol–water partition coefficient (Wildman–Crippen LogP) is 5.49. The van der Waals surface area contributed by atoms with E-state index in [0.29, 0.717) is 35.4 Å². The number of azo groups is 1. The Bertz CT molecular complexity index is 1020. The molecule has 1 atom stereocenters. The van der Waals surface area contributed by atoms with Crippen molar-refractivity contribution in [3.8, 4) is 23.0 Å². The number of hydrogen-bond donors (Lipinski definition) is 1. The second-order valence-corrected chi connectivity index (χ2v) is 7.35. The number of nitrogens with one attached hydrogen (secondary N) is 1. The van der Waals surface area contributed by atoms with Gasteiger partial charge in [-0.25, -0.2) is 0 Å². The predicted molar refractivity (Wildman–Crippen MR) is 126 cm³/mol. The Morgan fingerprint density at radius 3 is 2.09 bits per heavy atom. The van der Waals surface area contributed by atoms with Gasteiger partial charge in [0.25, 0.3) is 5.91 Å². The molecular formula is C22H25Cl2N3O6. The summed E-state index contributed by atoms with van der Waals surface area (Å²) < 4.78 is 21.6. The summed E-state index contributed by atoms with van der Waals surface area (Å²) >= 11 is 12.3. The van der Waals surface area contributed by atoms with Crippen LogP contribution in [-0.2, 0) is 9.59 Å². The summed E-state index contributed by atoms with van der Waals surface area (Å²) in [5, 5.41) is 11.2. The highest BCUT2D eigenvalue weighted by atomic mass is 35.5. The van der Waals surface area contributed by atoms with Gasteiger partial charge in [-0.3, -0.25) is 9.59 Å². The molecule has 1 N–H and O–H groups in total. The van der Waals surface area contributed by atoms with Crippen LogP contribution >= 0.6 is 23.2 Å². The van der Waals surface area contributed by atoms with Crippen LogP contribution in [0.1, 0.15) is 20.8 Å². The third-order valence-electron chi connectivity index (χ3n) is 4.22. The summed E-state index contributed by atoms with van der Waals surface area (Å²) in [6.07, 6.45) is 0. The van der Waals surface area contributed by atoms with E-state index in [1.54, 1.807) is 13.0 Å². The van der Waals surface area contributed by atoms with Crippen LogP contribution in [0.5, 0.6) is 23.0 Å². The summed E-state index contributed by atoms with van der Waals surface area (Å²) in [5.74, 6) is 0.0383. The molecule has 2 aromatic rings. The van der Waals surface area contributed by atoms with E-state index in [1.807, 2.05) is 6.92 Å². The highest BCUT2D eigenvalue weighted by molar-refractivity contribution is 6.33. The van der Waals surface area contributed by atoms with Gasteiger partial charge in [-0.05, 0) is 26.8 Å². The van der Waals surface area contributed by atoms with Gasteiger partial charge in [-0.15, -0.1) is 0 Å². The normalized spacial score (nSPS) is 11.7. The van der Waals surface area contributed by atoms with Crippen LogP contribution < -0.4 is 24.3 Å². The van der Waals surface area contributed by atoms with Gasteiger partial charge >= 0.3 is 0 Å². The molecule has 178 valence electrons. The average Bonchev–Trinajstić information content (AvgIpc) is 2.77. The molecular weight excluding hydrogens is 473 g/mol. The molecule has 0 aliphatic rings. The molecule has 0 saturated heterocycles. The summed E-state index contributed by atoms with van der Waals surface area (Å²) in [6.45, 7) is 5.56. The van der Waals surface area contributed by atoms with Gasteiger partial charge in [0.15, 0.2) is 17.3 Å². The van der Waals surface area contributed by atoms with Crippen LogP contribution in [0.4, 0.5) is 11.4 Å². The molecule has 2 aromatic carbocycles. The quantitative estimate of drug-likeness (QED) is 0.324. The van der Waals surface area contributed by atoms with Crippen molar-refractivity contribution in [1.29, 1.82) is 0 Å². The monoisotopic (exact) mass is 497 g/mol. The van der Waals surface area contributed by atoms with Crippen molar-refractivity contribution in [2.75, 3.05) is 32.8 Å². The van der Waals surface area contributed by atoms with E-state index >= 15 is 0 Å². The smallest absolute Gasteiger partial charge is 0.258 e. The molecule has 0 fully saturated rings. The van der Waals surface area contributed by atoms with E-state index in [9.17, 15) is 9.59 Å². The molecule has 33 heavy (non-hydrogen) atoms. The molecule has 11 heteroatoms. The van der Waals surface area contributed by atoms with Crippen LogP contribution in [-0.4, -0.2) is 45.2 Å². The Morgan fingerprint density at radius 2 is 1.58 bits per heavy atom. The van der Waals surface area contributed by atoms with Gasteiger partial charge in [0, 0.05) is 28.9 Å². The third kappa shape index (κ3) is 6.72. The van der Waals surface area contributed by atoms with Gasteiger partial charge in [0.05, 0.1) is 27.4 Å². The summed E-state index contributed by atoms with van der Waals surface area (Å²) in [5.41, 5.74) is 0.526. The highest BCUT2D eigenvalue weighted by Crippen LogP contribution is 2.41. The van der Waals surface area contributed by atoms with Crippen LogP contribution in [0.15, 0.2) is 34.5 Å². The van der Waals surface area contributed by atoms with Crippen molar-refractivity contribution in [2.45, 2.75) is 26.8 Å². The number of benzene rings is 2. The maximum atomic E-state index is 12.8. The highest BCUT2D eigenvalue weighted by Gasteiger charge is 2.25. The first-order valence-corrected chi connectivity index (χ1v) is 10.7. The lowest BCUT2D eigenvalue weighted by molar-refractivity contribution is -0.126. The molecule has 0 bridgehead atoms. The summed E-state index contributed by atoms with van der Waals surface area (Å²) in [6, 6.07) is 4.65. The fraction of sp³-hybridized carbons (Fsp3) is 0.364. The number of amides is 1. The molecule has 0 spiro atoms. The molecule has 0 heterocycles. The Kier molecular flexibility index (Phi) is 9.74. The molecule has 0 radical (unpaired) electrons. The Morgan fingerprint density at radius 1 is 0.970 bits per heavy atom. The molecule has 9 nitrogen and oxygen atoms in total. The van der Waals surface area contributed by atoms with E-state index in [-0.39, 0.29) is 22.2 Å². The summed E-state index contributed by atoms with van der Waals surface area (Å²) in [7, 11) is 2.85. The number of nitrogens with zero attached hydrogens (tertiary/aromatic N) is 2. The van der Waals surface area contributed by atoms with Crippen LogP contribution in [0.2, 0.25) is 10.0 Å². The summed E-state index contributed by atoms with van der Waals surface area (Å²) in [4.78, 5) is 25.0. The first kappa shape index (κ1) is 26.2. The number of carbonyl (C=O) groups excluding carboxylic acids is 2. The lowest BCUT2D eigenvalue weighted by Crippen LogP contribution is -2.31. The minimum absolute atomic E-state index is 0.224. The van der Waals surface area contributed by atoms with Crippen molar-refractivity contribution >= 4 is 46.3 Å². The van der Waals surface area contributed by atoms with Crippen LogP contribution in [0.25, 0.3) is 0 Å². The zero-order valence-electron chi connectivity index (χ0n) is 18.9. The largest absolute Gasteiger partial charge is 0.495 e. The van der Waals surface area contributed by atoms with Crippen molar-refractivity contribution in [3.05, 3.63) is 34.3 Å². The minimum atomic E-state index is -1.43. The van der Waals surface area contributed by atoms with Crippen LogP contribution in [0.3, 0.4) is 0 Å². The Labute approximate surface area is 202 Å². The standard InChI is InChI=1S/C22H25Cl2N3O6/c1-6-32-18-9-13(23)8-15(21(18)33-7-2)26-27-20(12(3)28)22(29)25-14-10-16(30-4)19(24)17(11-14)31-5/h8-11,20H,6-7H2,1-5H3,(H,25,29). The Balaban J connectivity index is 2.37. The number of carbonyl (C=O) groups is 2. The fourth-order valence-corrected chi connectivity index (χ4v) is 3.24. The lowest BCUT2D eigenvalue weighted by atomic mass is 10.2. The third-order valence-corrected chi connectivity index (χ3v) is 4.81. The molecule has 1 unspecified atom stereocenters. The molecule has 0 saturated carbocycles. The molecule has 2 rings (SSSR count). The maximum absolute atomic E-state index is 12.8. The minimum Gasteiger partial charge on any atom is -0.495 e. The number of halogens is 2. The number of anilines is 1. The number of ketones is 1. The number of rotatable bonds is 11. The number of hydrogen-bond acceptors (Lipinski definition) is 8. The second-order valence-electron chi connectivity index (χ2n) is 6.53. The number of Topliss-reactive ketones (excluding diaryl/α,β-unsaturated/α-hetero) is 1. The van der Waals surface area contributed by atoms with Crippen molar-refractivity contribution in [1.82, 2.24) is 0 Å². The van der Waals surface area contributed by atoms with Gasteiger partial charge in [-0.1, -0.05) is 23.2 Å². The number of ether oxygens (including phenoxy) is 4. The van der Waals surface area contributed by atoms with E-state index in [2.05, 4.69) is 15.5 Å². The van der Waals surface area contributed by atoms with Gasteiger partial charge < -0.3 is 24.3 Å². The topological polar surface area (TPSA) is 108 Å². The van der Waals surface area contributed by atoms with E-state index in [1.165, 1.54) is 39.3 Å². The molecule has 0 aromatic heterocycles. The van der Waals surface area contributed by atoms with E-state index in [0.717, 1.165) is 0 Å². The SMILES string of the molecule is CCOc1cc(Cl)cc(N=NC(C(C)=O)C(=O)Nc2cc(OC)c(Cl)c(OC)c2)c1OCC. The average molecular weight is 498 g/mol. The van der Waals surface area contributed by atoms with Gasteiger partial charge in [0.1, 0.15) is 22.2 Å².